The highest BCUT2D eigenvalue weighted by Gasteiger charge is 2.31. The van der Waals surface area contributed by atoms with Crippen LogP contribution in [0.3, 0.4) is 0 Å². The number of carbonyl (C=O) groups excluding carboxylic acids is 1. The number of amides is 1. The number of rotatable bonds is 4. The first-order valence-corrected chi connectivity index (χ1v) is 6.22. The topological polar surface area (TPSA) is 66.8 Å². The maximum absolute atomic E-state index is 12.4. The molecule has 1 amide bonds. The van der Waals surface area contributed by atoms with E-state index in [9.17, 15) is 9.59 Å². The zero-order valence-electron chi connectivity index (χ0n) is 11.2. The molecule has 20 heavy (non-hydrogen) atoms. The number of ether oxygens (including phenoxy) is 1. The molecule has 1 saturated heterocycles. The number of aliphatic carboxylic acids is 1. The zero-order chi connectivity index (χ0) is 13.8. The SMILES string of the molecule is COCc1ccccc1C(=O)N1CCC(C(=O)O)C1.Cl. The molecule has 110 valence electrons. The first-order chi connectivity index (χ1) is 9.13. The van der Waals surface area contributed by atoms with Gasteiger partial charge in [-0.05, 0) is 18.1 Å². The van der Waals surface area contributed by atoms with Crippen molar-refractivity contribution in [2.45, 2.75) is 13.0 Å². The summed E-state index contributed by atoms with van der Waals surface area (Å²) in [5.41, 5.74) is 1.42. The molecular weight excluding hydrogens is 282 g/mol. The summed E-state index contributed by atoms with van der Waals surface area (Å²) in [7, 11) is 1.58. The monoisotopic (exact) mass is 299 g/mol. The molecule has 0 bridgehead atoms. The third kappa shape index (κ3) is 3.49. The number of benzene rings is 1. The number of hydrogen-bond donors (Lipinski definition) is 1. The Hall–Kier alpha value is -1.59. The van der Waals surface area contributed by atoms with Gasteiger partial charge < -0.3 is 14.7 Å². The fraction of sp³-hybridized carbons (Fsp3) is 0.429. The lowest BCUT2D eigenvalue weighted by molar-refractivity contribution is -0.141. The van der Waals surface area contributed by atoms with E-state index in [1.165, 1.54) is 0 Å². The van der Waals surface area contributed by atoms with Crippen LogP contribution in [0.15, 0.2) is 24.3 Å². The minimum atomic E-state index is -0.833. The summed E-state index contributed by atoms with van der Waals surface area (Å²) in [6.07, 6.45) is 0.521. The Morgan fingerprint density at radius 1 is 1.40 bits per heavy atom. The Morgan fingerprint density at radius 3 is 2.70 bits per heavy atom. The van der Waals surface area contributed by atoms with Gasteiger partial charge in [0, 0.05) is 25.8 Å². The van der Waals surface area contributed by atoms with Crippen molar-refractivity contribution in [1.29, 1.82) is 0 Å². The van der Waals surface area contributed by atoms with E-state index in [1.54, 1.807) is 24.1 Å². The smallest absolute Gasteiger partial charge is 0.308 e. The molecule has 0 aliphatic carbocycles. The van der Waals surface area contributed by atoms with E-state index >= 15 is 0 Å². The third-order valence-corrected chi connectivity index (χ3v) is 3.37. The Labute approximate surface area is 123 Å². The predicted octanol–water partition coefficient (Wildman–Crippen LogP) is 1.80. The molecule has 1 heterocycles. The van der Waals surface area contributed by atoms with Gasteiger partial charge in [-0.3, -0.25) is 9.59 Å². The fourth-order valence-electron chi connectivity index (χ4n) is 2.33. The van der Waals surface area contributed by atoms with Gasteiger partial charge in [0.1, 0.15) is 0 Å². The second-order valence-corrected chi connectivity index (χ2v) is 4.67. The summed E-state index contributed by atoms with van der Waals surface area (Å²) >= 11 is 0. The van der Waals surface area contributed by atoms with Crippen LogP contribution in [0.4, 0.5) is 0 Å². The van der Waals surface area contributed by atoms with Crippen molar-refractivity contribution in [2.24, 2.45) is 5.92 Å². The van der Waals surface area contributed by atoms with Gasteiger partial charge >= 0.3 is 5.97 Å². The number of hydrogen-bond acceptors (Lipinski definition) is 3. The van der Waals surface area contributed by atoms with Crippen LogP contribution in [0.1, 0.15) is 22.3 Å². The van der Waals surface area contributed by atoms with Gasteiger partial charge in [0.25, 0.3) is 5.91 Å². The van der Waals surface area contributed by atoms with Crippen LogP contribution in [-0.2, 0) is 16.1 Å². The first kappa shape index (κ1) is 16.5. The fourth-order valence-corrected chi connectivity index (χ4v) is 2.33. The van der Waals surface area contributed by atoms with Crippen molar-refractivity contribution in [2.75, 3.05) is 20.2 Å². The Bertz CT molecular complexity index is 492. The lowest BCUT2D eigenvalue weighted by atomic mass is 10.1. The summed E-state index contributed by atoms with van der Waals surface area (Å²) in [5, 5.41) is 8.96. The number of halogens is 1. The number of carbonyl (C=O) groups is 2. The van der Waals surface area contributed by atoms with Crippen LogP contribution in [0.5, 0.6) is 0 Å². The number of likely N-dealkylation sites (tertiary alicyclic amines) is 1. The maximum atomic E-state index is 12.4. The zero-order valence-corrected chi connectivity index (χ0v) is 12.1. The quantitative estimate of drug-likeness (QED) is 0.920. The van der Waals surface area contributed by atoms with Crippen LogP contribution in [0.2, 0.25) is 0 Å². The molecule has 1 fully saturated rings. The predicted molar refractivity (Wildman–Crippen MR) is 76.0 cm³/mol. The van der Waals surface area contributed by atoms with E-state index < -0.39 is 11.9 Å². The van der Waals surface area contributed by atoms with Gasteiger partial charge in [-0.25, -0.2) is 0 Å². The van der Waals surface area contributed by atoms with Crippen molar-refractivity contribution >= 4 is 24.3 Å². The third-order valence-electron chi connectivity index (χ3n) is 3.37. The van der Waals surface area contributed by atoms with E-state index in [-0.39, 0.29) is 24.9 Å². The van der Waals surface area contributed by atoms with Gasteiger partial charge in [-0.15, -0.1) is 12.4 Å². The van der Waals surface area contributed by atoms with Crippen LogP contribution in [0, 0.1) is 5.92 Å². The highest BCUT2D eigenvalue weighted by molar-refractivity contribution is 5.96. The van der Waals surface area contributed by atoms with Gasteiger partial charge in [0.2, 0.25) is 0 Å². The largest absolute Gasteiger partial charge is 0.481 e. The van der Waals surface area contributed by atoms with Crippen molar-refractivity contribution in [1.82, 2.24) is 4.90 Å². The average molecular weight is 300 g/mol. The van der Waals surface area contributed by atoms with Crippen LogP contribution in [0.25, 0.3) is 0 Å². The highest BCUT2D eigenvalue weighted by Crippen LogP contribution is 2.20. The van der Waals surface area contributed by atoms with E-state index in [0.29, 0.717) is 25.1 Å². The molecule has 1 atom stereocenters. The Morgan fingerprint density at radius 2 is 2.10 bits per heavy atom. The van der Waals surface area contributed by atoms with Gasteiger partial charge in [-0.1, -0.05) is 18.2 Å². The molecule has 6 heteroatoms. The minimum Gasteiger partial charge on any atom is -0.481 e. The number of methoxy groups -OCH3 is 1. The summed E-state index contributed by atoms with van der Waals surface area (Å²) in [6, 6.07) is 7.26. The second kappa shape index (κ2) is 7.26. The molecule has 1 aromatic rings. The van der Waals surface area contributed by atoms with Crippen molar-refractivity contribution in [3.63, 3.8) is 0 Å². The molecule has 1 aromatic carbocycles. The average Bonchev–Trinajstić information content (AvgIpc) is 2.89. The Kier molecular flexibility index (Phi) is 5.98. The van der Waals surface area contributed by atoms with Crippen LogP contribution in [-0.4, -0.2) is 42.1 Å². The molecule has 0 saturated carbocycles. The summed E-state index contributed by atoms with van der Waals surface area (Å²) < 4.78 is 5.08. The molecule has 0 spiro atoms. The van der Waals surface area contributed by atoms with Crippen LogP contribution < -0.4 is 0 Å². The molecule has 1 aliphatic rings. The van der Waals surface area contributed by atoms with E-state index in [4.69, 9.17) is 9.84 Å². The molecule has 0 aromatic heterocycles. The van der Waals surface area contributed by atoms with Gasteiger partial charge in [0.15, 0.2) is 0 Å². The number of nitrogens with zero attached hydrogens (tertiary/aromatic N) is 1. The summed E-state index contributed by atoms with van der Waals surface area (Å²) in [5.74, 6) is -1.39. The molecule has 2 rings (SSSR count). The number of carboxylic acids is 1. The first-order valence-electron chi connectivity index (χ1n) is 6.22. The molecule has 1 unspecified atom stereocenters. The van der Waals surface area contributed by atoms with Crippen molar-refractivity contribution in [3.8, 4) is 0 Å². The molecule has 1 aliphatic heterocycles. The summed E-state index contributed by atoms with van der Waals surface area (Å²) in [6.45, 7) is 1.16. The lowest BCUT2D eigenvalue weighted by Crippen LogP contribution is -2.30. The summed E-state index contributed by atoms with van der Waals surface area (Å²) in [4.78, 5) is 24.9. The van der Waals surface area contributed by atoms with E-state index in [1.807, 2.05) is 12.1 Å². The van der Waals surface area contributed by atoms with Gasteiger partial charge in [0.05, 0.1) is 12.5 Å². The van der Waals surface area contributed by atoms with E-state index in [2.05, 4.69) is 0 Å². The Balaban J connectivity index is 0.00000200. The number of carboxylic acid groups (broad SMARTS) is 1. The minimum absolute atomic E-state index is 0. The van der Waals surface area contributed by atoms with Crippen LogP contribution >= 0.6 is 12.4 Å². The van der Waals surface area contributed by atoms with Crippen molar-refractivity contribution < 1.29 is 19.4 Å². The molecule has 1 N–H and O–H groups in total. The lowest BCUT2D eigenvalue weighted by Gasteiger charge is -2.17. The second-order valence-electron chi connectivity index (χ2n) is 4.67. The highest BCUT2D eigenvalue weighted by atomic mass is 35.5. The normalized spacial score (nSPS) is 17.6. The maximum Gasteiger partial charge on any atom is 0.308 e. The molecular formula is C14H18ClNO4. The molecule has 0 radical (unpaired) electrons. The standard InChI is InChI=1S/C14H17NO4.ClH/c1-19-9-11-4-2-3-5-12(11)13(16)15-7-6-10(8-15)14(17)18;/h2-5,10H,6-9H2,1H3,(H,17,18);1H. The van der Waals surface area contributed by atoms with E-state index in [0.717, 1.165) is 5.56 Å². The molecule has 5 nitrogen and oxygen atoms in total. The van der Waals surface area contributed by atoms with Crippen molar-refractivity contribution in [3.05, 3.63) is 35.4 Å². The van der Waals surface area contributed by atoms with Gasteiger partial charge in [-0.2, -0.15) is 0 Å².